The maximum atomic E-state index is 2.94. The maximum Gasteiger partial charge on any atom is -0.0264 e. The van der Waals surface area contributed by atoms with Crippen molar-refractivity contribution in [3.63, 3.8) is 0 Å². The Morgan fingerprint density at radius 1 is 1.20 bits per heavy atom. The van der Waals surface area contributed by atoms with Crippen molar-refractivity contribution in [2.75, 3.05) is 0 Å². The Labute approximate surface area is 67.0 Å². The molecule has 0 heterocycles. The van der Waals surface area contributed by atoms with Crippen LogP contribution in [-0.2, 0) is 0 Å². The summed E-state index contributed by atoms with van der Waals surface area (Å²) >= 11 is 0. The highest BCUT2D eigenvalue weighted by atomic mass is 31.0. The van der Waals surface area contributed by atoms with Crippen LogP contribution in [0.2, 0.25) is 0 Å². The highest BCUT2D eigenvalue weighted by Crippen LogP contribution is 2.32. The quantitative estimate of drug-likeness (QED) is 0.514. The molecule has 10 heavy (non-hydrogen) atoms. The topological polar surface area (TPSA) is 0 Å². The van der Waals surface area contributed by atoms with Crippen LogP contribution < -0.4 is 0 Å². The number of hydrogen-bond acceptors (Lipinski definition) is 0. The first-order valence-electron chi connectivity index (χ1n) is 4.45. The van der Waals surface area contributed by atoms with Gasteiger partial charge in [-0.3, -0.25) is 0 Å². The molecular weight excluding hydrogens is 139 g/mol. The van der Waals surface area contributed by atoms with Crippen LogP contribution in [0.4, 0.5) is 0 Å². The third kappa shape index (κ3) is 2.23. The molecule has 0 aliphatic heterocycles. The minimum absolute atomic E-state index is 0.840. The summed E-state index contributed by atoms with van der Waals surface area (Å²) in [7, 11) is 2.94. The van der Waals surface area contributed by atoms with E-state index in [1.165, 1.54) is 25.7 Å². The van der Waals surface area contributed by atoms with Gasteiger partial charge in [0.2, 0.25) is 0 Å². The first-order valence-corrected chi connectivity index (χ1v) is 5.12. The summed E-state index contributed by atoms with van der Waals surface area (Å²) < 4.78 is 0. The summed E-state index contributed by atoms with van der Waals surface area (Å²) in [6.45, 7) is 4.70. The van der Waals surface area contributed by atoms with E-state index < -0.39 is 0 Å². The molecule has 1 aliphatic rings. The fourth-order valence-corrected chi connectivity index (χ4v) is 2.20. The van der Waals surface area contributed by atoms with E-state index in [1.54, 1.807) is 0 Å². The third-order valence-electron chi connectivity index (χ3n) is 2.80. The highest BCUT2D eigenvalue weighted by Gasteiger charge is 2.20. The Hall–Kier alpha value is 0.430. The molecule has 0 aromatic carbocycles. The zero-order valence-corrected chi connectivity index (χ0v) is 8.29. The molecule has 0 nitrogen and oxygen atoms in total. The Morgan fingerprint density at radius 3 is 2.10 bits per heavy atom. The molecule has 2 atom stereocenters. The van der Waals surface area contributed by atoms with Crippen LogP contribution in [-0.4, -0.2) is 5.66 Å². The molecule has 0 aromatic heterocycles. The van der Waals surface area contributed by atoms with E-state index in [2.05, 4.69) is 23.1 Å². The van der Waals surface area contributed by atoms with Gasteiger partial charge in [-0.05, 0) is 30.3 Å². The van der Waals surface area contributed by atoms with Gasteiger partial charge in [0.05, 0.1) is 0 Å². The molecule has 0 spiro atoms. The highest BCUT2D eigenvalue weighted by molar-refractivity contribution is 7.17. The van der Waals surface area contributed by atoms with Crippen LogP contribution in [0.15, 0.2) is 0 Å². The van der Waals surface area contributed by atoms with Crippen LogP contribution in [0.3, 0.4) is 0 Å². The van der Waals surface area contributed by atoms with Gasteiger partial charge in [-0.25, -0.2) is 0 Å². The predicted octanol–water partition coefficient (Wildman–Crippen LogP) is 3.08. The van der Waals surface area contributed by atoms with Gasteiger partial charge in [0.15, 0.2) is 0 Å². The normalized spacial score (nSPS) is 37.5. The lowest BCUT2D eigenvalue weighted by Crippen LogP contribution is -2.18. The summed E-state index contributed by atoms with van der Waals surface area (Å²) in [6.07, 6.45) is 5.85. The van der Waals surface area contributed by atoms with Gasteiger partial charge in [0.25, 0.3) is 0 Å². The zero-order valence-electron chi connectivity index (χ0n) is 7.14. The molecule has 1 heteroatoms. The number of rotatable bonds is 1. The Kier molecular flexibility index (Phi) is 3.17. The van der Waals surface area contributed by atoms with Crippen molar-refractivity contribution < 1.29 is 0 Å². The molecule has 1 aliphatic carbocycles. The molecule has 0 amide bonds. The predicted molar refractivity (Wildman–Crippen MR) is 50.3 cm³/mol. The van der Waals surface area contributed by atoms with E-state index in [-0.39, 0.29) is 0 Å². The summed E-state index contributed by atoms with van der Waals surface area (Å²) in [6, 6.07) is 0. The van der Waals surface area contributed by atoms with Crippen LogP contribution in [0, 0.1) is 11.8 Å². The van der Waals surface area contributed by atoms with Gasteiger partial charge in [-0.2, -0.15) is 0 Å². The van der Waals surface area contributed by atoms with E-state index in [0.717, 1.165) is 17.5 Å². The lowest BCUT2D eigenvalue weighted by Gasteiger charge is -2.28. The van der Waals surface area contributed by atoms with Gasteiger partial charge in [0.1, 0.15) is 0 Å². The molecule has 1 fully saturated rings. The Balaban J connectivity index is 2.26. The van der Waals surface area contributed by atoms with Gasteiger partial charge in [-0.1, -0.05) is 26.7 Å². The van der Waals surface area contributed by atoms with Crippen molar-refractivity contribution in [2.24, 2.45) is 11.8 Å². The summed E-state index contributed by atoms with van der Waals surface area (Å²) in [4.78, 5) is 0. The molecule has 0 saturated heterocycles. The van der Waals surface area contributed by atoms with Gasteiger partial charge in [0, 0.05) is 0 Å². The molecule has 1 rings (SSSR count). The van der Waals surface area contributed by atoms with Gasteiger partial charge < -0.3 is 0 Å². The molecule has 0 N–H and O–H groups in total. The average molecular weight is 158 g/mol. The Morgan fingerprint density at radius 2 is 1.70 bits per heavy atom. The maximum absolute atomic E-state index is 2.94. The van der Waals surface area contributed by atoms with E-state index in [9.17, 15) is 0 Å². The summed E-state index contributed by atoms with van der Waals surface area (Å²) in [5.41, 5.74) is 0.840. The van der Waals surface area contributed by atoms with Crippen molar-refractivity contribution in [3.8, 4) is 0 Å². The number of hydrogen-bond donors (Lipinski definition) is 0. The minimum atomic E-state index is 0.840. The van der Waals surface area contributed by atoms with Crippen LogP contribution in [0.1, 0.15) is 39.5 Å². The van der Waals surface area contributed by atoms with Crippen molar-refractivity contribution in [1.82, 2.24) is 0 Å². The second-order valence-corrected chi connectivity index (χ2v) is 4.93. The van der Waals surface area contributed by atoms with E-state index in [1.807, 2.05) is 0 Å². The smallest absolute Gasteiger partial charge is 0.0264 e. The largest absolute Gasteiger partial charge is 0.134 e. The van der Waals surface area contributed by atoms with Crippen LogP contribution >= 0.6 is 9.24 Å². The first kappa shape index (κ1) is 8.53. The molecule has 0 bridgehead atoms. The van der Waals surface area contributed by atoms with E-state index >= 15 is 0 Å². The molecular formula is C9H19P. The average Bonchev–Trinajstić information content (AvgIpc) is 1.88. The minimum Gasteiger partial charge on any atom is -0.134 e. The fraction of sp³-hybridized carbons (Fsp3) is 1.00. The van der Waals surface area contributed by atoms with E-state index in [0.29, 0.717) is 0 Å². The van der Waals surface area contributed by atoms with Crippen molar-refractivity contribution in [1.29, 1.82) is 0 Å². The van der Waals surface area contributed by atoms with Gasteiger partial charge >= 0.3 is 0 Å². The summed E-state index contributed by atoms with van der Waals surface area (Å²) in [5, 5.41) is 0. The SMILES string of the molecule is CC(P)[C@H]1CC[C@H](C)CC1. The monoisotopic (exact) mass is 158 g/mol. The van der Waals surface area contributed by atoms with E-state index in [4.69, 9.17) is 0 Å². The second kappa shape index (κ2) is 3.72. The molecule has 0 radical (unpaired) electrons. The Bertz CT molecular complexity index is 90.9. The fourth-order valence-electron chi connectivity index (χ4n) is 1.81. The second-order valence-electron chi connectivity index (χ2n) is 3.88. The van der Waals surface area contributed by atoms with Crippen LogP contribution in [0.5, 0.6) is 0 Å². The van der Waals surface area contributed by atoms with Crippen molar-refractivity contribution >= 4 is 9.24 Å². The molecule has 1 saturated carbocycles. The first-order chi connectivity index (χ1) is 4.70. The van der Waals surface area contributed by atoms with Crippen molar-refractivity contribution in [3.05, 3.63) is 0 Å². The molecule has 0 aromatic rings. The third-order valence-corrected chi connectivity index (χ3v) is 3.35. The summed E-state index contributed by atoms with van der Waals surface area (Å²) in [5.74, 6) is 2.00. The molecule has 60 valence electrons. The van der Waals surface area contributed by atoms with Crippen molar-refractivity contribution in [2.45, 2.75) is 45.2 Å². The van der Waals surface area contributed by atoms with Gasteiger partial charge in [-0.15, -0.1) is 9.24 Å². The standard InChI is InChI=1S/C9H19P/c1-7-3-5-9(6-4-7)8(2)10/h7-9H,3-6,10H2,1-2H3/t7-,8?,9-. The lowest BCUT2D eigenvalue weighted by atomic mass is 9.81. The molecule has 2 unspecified atom stereocenters. The zero-order chi connectivity index (χ0) is 7.56. The van der Waals surface area contributed by atoms with Crippen LogP contribution in [0.25, 0.3) is 0 Å². The lowest BCUT2D eigenvalue weighted by molar-refractivity contribution is 0.289.